The molecule has 0 aliphatic heterocycles. The highest BCUT2D eigenvalue weighted by Crippen LogP contribution is 2.10. The SMILES string of the molecule is CCCCCCCCCCCCN=C(N)NC(N)=NCc1ccccc1. The second-order valence-electron chi connectivity index (χ2n) is 6.76. The first-order valence-corrected chi connectivity index (χ1v) is 10.1. The van der Waals surface area contributed by atoms with Crippen LogP contribution in [-0.2, 0) is 6.54 Å². The van der Waals surface area contributed by atoms with Crippen molar-refractivity contribution in [3.8, 4) is 0 Å². The predicted octanol–water partition coefficient (Wildman–Crippen LogP) is 4.33. The van der Waals surface area contributed by atoms with Gasteiger partial charge in [0.2, 0.25) is 0 Å². The summed E-state index contributed by atoms with van der Waals surface area (Å²) in [6.07, 6.45) is 13.2. The molecule has 0 aliphatic carbocycles. The van der Waals surface area contributed by atoms with E-state index in [2.05, 4.69) is 22.2 Å². The fourth-order valence-electron chi connectivity index (χ4n) is 2.77. The molecule has 26 heavy (non-hydrogen) atoms. The summed E-state index contributed by atoms with van der Waals surface area (Å²) in [5.41, 5.74) is 12.8. The molecular weight excluding hydrogens is 322 g/mol. The maximum atomic E-state index is 5.84. The van der Waals surface area contributed by atoms with Crippen molar-refractivity contribution in [2.75, 3.05) is 6.54 Å². The van der Waals surface area contributed by atoms with Gasteiger partial charge in [0.1, 0.15) is 0 Å². The van der Waals surface area contributed by atoms with E-state index in [1.54, 1.807) is 0 Å². The molecule has 0 heterocycles. The van der Waals surface area contributed by atoms with Crippen molar-refractivity contribution in [2.24, 2.45) is 21.5 Å². The Morgan fingerprint density at radius 3 is 1.92 bits per heavy atom. The van der Waals surface area contributed by atoms with E-state index < -0.39 is 0 Å². The largest absolute Gasteiger partial charge is 0.370 e. The lowest BCUT2D eigenvalue weighted by atomic mass is 10.1. The van der Waals surface area contributed by atoms with Gasteiger partial charge >= 0.3 is 0 Å². The van der Waals surface area contributed by atoms with E-state index in [1.807, 2.05) is 30.3 Å². The molecule has 0 aliphatic rings. The second-order valence-corrected chi connectivity index (χ2v) is 6.76. The Morgan fingerprint density at radius 2 is 1.31 bits per heavy atom. The standard InChI is InChI=1S/C21H37N5/c1-2-3-4-5-6-7-8-9-10-14-17-24-20(22)26-21(23)25-18-19-15-12-11-13-16-19/h11-13,15-16H,2-10,14,17-18H2,1H3,(H5,22,23,24,25,26). The van der Waals surface area contributed by atoms with Crippen LogP contribution in [0.5, 0.6) is 0 Å². The van der Waals surface area contributed by atoms with E-state index in [0.717, 1.165) is 18.5 Å². The van der Waals surface area contributed by atoms with Crippen LogP contribution < -0.4 is 16.8 Å². The van der Waals surface area contributed by atoms with Crippen molar-refractivity contribution in [2.45, 2.75) is 77.7 Å². The van der Waals surface area contributed by atoms with Crippen LogP contribution in [0.1, 0.15) is 76.7 Å². The lowest BCUT2D eigenvalue weighted by molar-refractivity contribution is 0.558. The highest BCUT2D eigenvalue weighted by Gasteiger charge is 1.96. The molecule has 0 spiro atoms. The molecule has 0 unspecified atom stereocenters. The van der Waals surface area contributed by atoms with E-state index in [0.29, 0.717) is 18.5 Å². The first kappa shape index (κ1) is 22.0. The van der Waals surface area contributed by atoms with Gasteiger partial charge in [-0.15, -0.1) is 0 Å². The van der Waals surface area contributed by atoms with Gasteiger partial charge in [-0.1, -0.05) is 95.0 Å². The van der Waals surface area contributed by atoms with Crippen LogP contribution in [0.4, 0.5) is 0 Å². The third-order valence-corrected chi connectivity index (χ3v) is 4.32. The lowest BCUT2D eigenvalue weighted by Crippen LogP contribution is -2.41. The zero-order chi connectivity index (χ0) is 18.9. The minimum absolute atomic E-state index is 0.304. The van der Waals surface area contributed by atoms with Gasteiger partial charge in [-0.05, 0) is 12.0 Å². The van der Waals surface area contributed by atoms with Crippen molar-refractivity contribution in [1.29, 1.82) is 0 Å². The fourth-order valence-corrected chi connectivity index (χ4v) is 2.77. The zero-order valence-corrected chi connectivity index (χ0v) is 16.4. The molecule has 0 saturated carbocycles. The number of nitrogens with one attached hydrogen (secondary N) is 1. The molecule has 0 bridgehead atoms. The molecule has 146 valence electrons. The van der Waals surface area contributed by atoms with Gasteiger partial charge in [0.25, 0.3) is 0 Å². The maximum absolute atomic E-state index is 5.84. The third kappa shape index (κ3) is 12.3. The molecule has 0 amide bonds. The second kappa shape index (κ2) is 15.2. The monoisotopic (exact) mass is 359 g/mol. The molecule has 0 radical (unpaired) electrons. The quantitative estimate of drug-likeness (QED) is 0.278. The third-order valence-electron chi connectivity index (χ3n) is 4.32. The fraction of sp³-hybridized carbons (Fsp3) is 0.619. The summed E-state index contributed by atoms with van der Waals surface area (Å²) in [5, 5.41) is 2.84. The number of benzene rings is 1. The van der Waals surface area contributed by atoms with Gasteiger partial charge in [-0.25, -0.2) is 4.99 Å². The summed E-state index contributed by atoms with van der Waals surface area (Å²) < 4.78 is 0. The van der Waals surface area contributed by atoms with E-state index in [-0.39, 0.29) is 0 Å². The Kier molecular flexibility index (Phi) is 12.9. The number of unbranched alkanes of at least 4 members (excludes halogenated alkanes) is 9. The minimum Gasteiger partial charge on any atom is -0.370 e. The van der Waals surface area contributed by atoms with Gasteiger partial charge in [0.05, 0.1) is 6.54 Å². The number of guanidine groups is 2. The molecule has 0 saturated heterocycles. The molecule has 0 atom stereocenters. The van der Waals surface area contributed by atoms with Crippen molar-refractivity contribution in [3.05, 3.63) is 35.9 Å². The lowest BCUT2D eigenvalue weighted by Gasteiger charge is -2.05. The molecule has 5 N–H and O–H groups in total. The van der Waals surface area contributed by atoms with Crippen molar-refractivity contribution >= 4 is 11.9 Å². The highest BCUT2D eigenvalue weighted by molar-refractivity contribution is 5.96. The zero-order valence-electron chi connectivity index (χ0n) is 16.4. The molecule has 1 aromatic rings. The molecular formula is C21H37N5. The van der Waals surface area contributed by atoms with E-state index in [1.165, 1.54) is 57.8 Å². The summed E-state index contributed by atoms with van der Waals surface area (Å²) in [4.78, 5) is 8.57. The highest BCUT2D eigenvalue weighted by atomic mass is 15.2. The number of nitrogens with two attached hydrogens (primary N) is 2. The van der Waals surface area contributed by atoms with Crippen LogP contribution in [0, 0.1) is 0 Å². The van der Waals surface area contributed by atoms with E-state index >= 15 is 0 Å². The summed E-state index contributed by atoms with van der Waals surface area (Å²) in [6, 6.07) is 9.97. The summed E-state index contributed by atoms with van der Waals surface area (Å²) >= 11 is 0. The van der Waals surface area contributed by atoms with Crippen LogP contribution in [0.2, 0.25) is 0 Å². The topological polar surface area (TPSA) is 88.8 Å². The van der Waals surface area contributed by atoms with Crippen molar-refractivity contribution in [3.63, 3.8) is 0 Å². The molecule has 0 aromatic heterocycles. The van der Waals surface area contributed by atoms with Gasteiger partial charge in [-0.3, -0.25) is 10.3 Å². The van der Waals surface area contributed by atoms with Crippen LogP contribution in [0.3, 0.4) is 0 Å². The Balaban J connectivity index is 2.03. The Morgan fingerprint density at radius 1 is 0.769 bits per heavy atom. The maximum Gasteiger partial charge on any atom is 0.195 e. The Hall–Kier alpha value is -2.04. The molecule has 5 nitrogen and oxygen atoms in total. The van der Waals surface area contributed by atoms with Crippen molar-refractivity contribution in [1.82, 2.24) is 5.32 Å². The van der Waals surface area contributed by atoms with Gasteiger partial charge in [0.15, 0.2) is 11.9 Å². The Bertz CT molecular complexity index is 510. The summed E-state index contributed by atoms with van der Waals surface area (Å²) in [6.45, 7) is 3.53. The molecule has 5 heteroatoms. The molecule has 0 fully saturated rings. The molecule has 1 rings (SSSR count). The van der Waals surface area contributed by atoms with Crippen LogP contribution in [0.25, 0.3) is 0 Å². The van der Waals surface area contributed by atoms with E-state index in [4.69, 9.17) is 11.5 Å². The predicted molar refractivity (Wildman–Crippen MR) is 113 cm³/mol. The van der Waals surface area contributed by atoms with Crippen LogP contribution in [0.15, 0.2) is 40.3 Å². The normalized spacial score (nSPS) is 12.3. The van der Waals surface area contributed by atoms with E-state index in [9.17, 15) is 0 Å². The number of nitrogens with zero attached hydrogens (tertiary/aromatic N) is 2. The first-order valence-electron chi connectivity index (χ1n) is 10.1. The summed E-state index contributed by atoms with van der Waals surface area (Å²) in [7, 11) is 0. The number of rotatable bonds is 13. The van der Waals surface area contributed by atoms with Crippen LogP contribution in [-0.4, -0.2) is 18.5 Å². The summed E-state index contributed by atoms with van der Waals surface area (Å²) in [5.74, 6) is 0.647. The smallest absolute Gasteiger partial charge is 0.195 e. The average Bonchev–Trinajstić information content (AvgIpc) is 2.65. The van der Waals surface area contributed by atoms with Crippen molar-refractivity contribution < 1.29 is 0 Å². The average molecular weight is 360 g/mol. The van der Waals surface area contributed by atoms with Crippen LogP contribution >= 0.6 is 0 Å². The number of hydrogen-bond donors (Lipinski definition) is 3. The van der Waals surface area contributed by atoms with Gasteiger partial charge < -0.3 is 11.5 Å². The molecule has 1 aromatic carbocycles. The first-order chi connectivity index (χ1) is 12.7. The Labute approximate surface area is 159 Å². The number of aliphatic imine (C=N–C) groups is 2. The number of hydrogen-bond acceptors (Lipinski definition) is 2. The van der Waals surface area contributed by atoms with Gasteiger partial charge in [0, 0.05) is 6.54 Å². The minimum atomic E-state index is 0.304. The van der Waals surface area contributed by atoms with Gasteiger partial charge in [-0.2, -0.15) is 0 Å².